The van der Waals surface area contributed by atoms with Crippen LogP contribution in [-0.2, 0) is 6.54 Å². The molecule has 0 unspecified atom stereocenters. The maximum atomic E-state index is 9.54. The van der Waals surface area contributed by atoms with E-state index in [0.717, 1.165) is 23.4 Å². The topological polar surface area (TPSA) is 54.5 Å². The van der Waals surface area contributed by atoms with Gasteiger partial charge in [0.05, 0.1) is 11.6 Å². The van der Waals surface area contributed by atoms with E-state index < -0.39 is 0 Å². The van der Waals surface area contributed by atoms with Crippen molar-refractivity contribution in [2.24, 2.45) is 5.92 Å². The third kappa shape index (κ3) is 3.21. The number of benzene rings is 2. The second-order valence-corrected chi connectivity index (χ2v) is 6.27. The molecule has 0 fully saturated rings. The molecule has 0 amide bonds. The Kier molecular flexibility index (Phi) is 4.72. The zero-order valence-corrected chi connectivity index (χ0v) is 13.9. The van der Waals surface area contributed by atoms with Crippen LogP contribution in [0.25, 0.3) is 0 Å². The Morgan fingerprint density at radius 2 is 1.50 bits per heavy atom. The van der Waals surface area contributed by atoms with Crippen molar-refractivity contribution in [2.45, 2.75) is 26.3 Å². The minimum atomic E-state index is -0.0594. The van der Waals surface area contributed by atoms with Gasteiger partial charge in [0.25, 0.3) is 0 Å². The summed E-state index contributed by atoms with van der Waals surface area (Å²) in [5.41, 5.74) is 3.52. The van der Waals surface area contributed by atoms with Crippen molar-refractivity contribution in [3.05, 3.63) is 83.2 Å². The molecule has 0 saturated heterocycles. The molecule has 4 nitrogen and oxygen atoms in total. The van der Waals surface area contributed by atoms with Gasteiger partial charge in [0.15, 0.2) is 5.69 Å². The van der Waals surface area contributed by atoms with Crippen LogP contribution in [0.5, 0.6) is 0 Å². The van der Waals surface area contributed by atoms with Gasteiger partial charge in [-0.1, -0.05) is 79.7 Å². The van der Waals surface area contributed by atoms with E-state index in [1.807, 2.05) is 41.1 Å². The van der Waals surface area contributed by atoms with E-state index in [2.05, 4.69) is 54.5 Å². The SMILES string of the molecule is CC(C)Cn1nnc(C#N)c1C(c1ccccc1)c1ccccc1. The van der Waals surface area contributed by atoms with Gasteiger partial charge in [0.1, 0.15) is 6.07 Å². The summed E-state index contributed by atoms with van der Waals surface area (Å²) in [5, 5.41) is 17.9. The summed E-state index contributed by atoms with van der Waals surface area (Å²) in [6, 6.07) is 22.7. The first-order chi connectivity index (χ1) is 11.7. The highest BCUT2D eigenvalue weighted by atomic mass is 15.4. The van der Waals surface area contributed by atoms with Gasteiger partial charge >= 0.3 is 0 Å². The fraction of sp³-hybridized carbons (Fsp3) is 0.250. The van der Waals surface area contributed by atoms with E-state index in [0.29, 0.717) is 11.6 Å². The highest BCUT2D eigenvalue weighted by Crippen LogP contribution is 2.33. The van der Waals surface area contributed by atoms with Crippen molar-refractivity contribution < 1.29 is 0 Å². The fourth-order valence-corrected chi connectivity index (χ4v) is 2.97. The molecule has 0 radical (unpaired) electrons. The number of aromatic nitrogens is 3. The van der Waals surface area contributed by atoms with Crippen molar-refractivity contribution in [1.82, 2.24) is 15.0 Å². The summed E-state index contributed by atoms with van der Waals surface area (Å²) >= 11 is 0. The van der Waals surface area contributed by atoms with E-state index >= 15 is 0 Å². The Labute approximate surface area is 142 Å². The standard InChI is InChI=1S/C20H20N4/c1-15(2)14-24-20(18(13-21)22-23-24)19(16-9-5-3-6-10-16)17-11-7-4-8-12-17/h3-12,15,19H,14H2,1-2H3. The van der Waals surface area contributed by atoms with Gasteiger partial charge in [0.2, 0.25) is 0 Å². The van der Waals surface area contributed by atoms with Gasteiger partial charge in [-0.05, 0) is 17.0 Å². The number of nitrogens with zero attached hydrogens (tertiary/aromatic N) is 4. The lowest BCUT2D eigenvalue weighted by Gasteiger charge is -2.20. The second kappa shape index (κ2) is 7.10. The number of hydrogen-bond donors (Lipinski definition) is 0. The highest BCUT2D eigenvalue weighted by Gasteiger charge is 2.26. The molecule has 0 aliphatic carbocycles. The first-order valence-corrected chi connectivity index (χ1v) is 8.14. The smallest absolute Gasteiger partial charge is 0.186 e. The monoisotopic (exact) mass is 316 g/mol. The lowest BCUT2D eigenvalue weighted by molar-refractivity contribution is 0.456. The second-order valence-electron chi connectivity index (χ2n) is 6.27. The Morgan fingerprint density at radius 3 is 1.96 bits per heavy atom. The van der Waals surface area contributed by atoms with Crippen molar-refractivity contribution >= 4 is 0 Å². The van der Waals surface area contributed by atoms with E-state index in [9.17, 15) is 5.26 Å². The number of hydrogen-bond acceptors (Lipinski definition) is 3. The van der Waals surface area contributed by atoms with Crippen LogP contribution in [0.3, 0.4) is 0 Å². The van der Waals surface area contributed by atoms with Crippen LogP contribution in [0.2, 0.25) is 0 Å². The predicted octanol–water partition coefficient (Wildman–Crippen LogP) is 3.99. The van der Waals surface area contributed by atoms with Crippen LogP contribution in [-0.4, -0.2) is 15.0 Å². The molecule has 0 N–H and O–H groups in total. The molecule has 3 aromatic rings. The van der Waals surface area contributed by atoms with E-state index in [1.165, 1.54) is 0 Å². The molecule has 1 aromatic heterocycles. The Hall–Kier alpha value is -2.93. The van der Waals surface area contributed by atoms with Crippen LogP contribution < -0.4 is 0 Å². The fourth-order valence-electron chi connectivity index (χ4n) is 2.97. The maximum absolute atomic E-state index is 9.54. The van der Waals surface area contributed by atoms with Crippen molar-refractivity contribution in [3.8, 4) is 6.07 Å². The van der Waals surface area contributed by atoms with Crippen molar-refractivity contribution in [2.75, 3.05) is 0 Å². The largest absolute Gasteiger partial charge is 0.247 e. The Balaban J connectivity index is 2.20. The molecule has 4 heteroatoms. The van der Waals surface area contributed by atoms with Gasteiger partial charge in [-0.3, -0.25) is 0 Å². The first-order valence-electron chi connectivity index (χ1n) is 8.14. The first kappa shape index (κ1) is 15.9. The normalized spacial score (nSPS) is 11.0. The van der Waals surface area contributed by atoms with Gasteiger partial charge in [-0.15, -0.1) is 5.10 Å². The van der Waals surface area contributed by atoms with E-state index in [-0.39, 0.29) is 5.92 Å². The zero-order valence-electron chi connectivity index (χ0n) is 13.9. The Morgan fingerprint density at radius 1 is 0.958 bits per heavy atom. The lowest BCUT2D eigenvalue weighted by atomic mass is 9.87. The highest BCUT2D eigenvalue weighted by molar-refractivity contribution is 5.44. The molecule has 0 spiro atoms. The zero-order chi connectivity index (χ0) is 16.9. The molecular weight excluding hydrogens is 296 g/mol. The molecule has 120 valence electrons. The molecule has 0 bridgehead atoms. The molecule has 0 saturated carbocycles. The third-order valence-electron chi connectivity index (χ3n) is 3.96. The quantitative estimate of drug-likeness (QED) is 0.715. The molecule has 24 heavy (non-hydrogen) atoms. The lowest BCUT2D eigenvalue weighted by Crippen LogP contribution is -2.15. The average molecular weight is 316 g/mol. The van der Waals surface area contributed by atoms with Crippen LogP contribution in [0.4, 0.5) is 0 Å². The van der Waals surface area contributed by atoms with Crippen LogP contribution in [0.15, 0.2) is 60.7 Å². The minimum absolute atomic E-state index is 0.0594. The van der Waals surface area contributed by atoms with Crippen molar-refractivity contribution in [1.29, 1.82) is 5.26 Å². The molecule has 0 aliphatic rings. The third-order valence-corrected chi connectivity index (χ3v) is 3.96. The number of rotatable bonds is 5. The van der Waals surface area contributed by atoms with Crippen LogP contribution >= 0.6 is 0 Å². The van der Waals surface area contributed by atoms with E-state index in [1.54, 1.807) is 0 Å². The van der Waals surface area contributed by atoms with Gasteiger partial charge < -0.3 is 0 Å². The maximum Gasteiger partial charge on any atom is 0.186 e. The number of nitriles is 1. The van der Waals surface area contributed by atoms with Gasteiger partial charge in [-0.25, -0.2) is 4.68 Å². The van der Waals surface area contributed by atoms with Crippen LogP contribution in [0, 0.1) is 17.2 Å². The molecule has 3 rings (SSSR count). The van der Waals surface area contributed by atoms with Gasteiger partial charge in [-0.2, -0.15) is 5.26 Å². The summed E-state index contributed by atoms with van der Waals surface area (Å²) in [7, 11) is 0. The summed E-state index contributed by atoms with van der Waals surface area (Å²) < 4.78 is 1.88. The average Bonchev–Trinajstić information content (AvgIpc) is 2.99. The molecule has 0 aliphatic heterocycles. The molecule has 0 atom stereocenters. The minimum Gasteiger partial charge on any atom is -0.247 e. The predicted molar refractivity (Wildman–Crippen MR) is 93.4 cm³/mol. The molecular formula is C20H20N4. The van der Waals surface area contributed by atoms with Crippen molar-refractivity contribution in [3.63, 3.8) is 0 Å². The van der Waals surface area contributed by atoms with E-state index in [4.69, 9.17) is 0 Å². The Bertz CT molecular complexity index is 790. The van der Waals surface area contributed by atoms with Crippen LogP contribution in [0.1, 0.15) is 42.3 Å². The van der Waals surface area contributed by atoms with Gasteiger partial charge in [0, 0.05) is 6.54 Å². The summed E-state index contributed by atoms with van der Waals surface area (Å²) in [4.78, 5) is 0. The molecule has 1 heterocycles. The molecule has 2 aromatic carbocycles. The summed E-state index contributed by atoms with van der Waals surface area (Å²) in [6.45, 7) is 5.01. The summed E-state index contributed by atoms with van der Waals surface area (Å²) in [5.74, 6) is 0.361. The summed E-state index contributed by atoms with van der Waals surface area (Å²) in [6.07, 6.45) is 0.